The molecule has 0 saturated carbocycles. The van der Waals surface area contributed by atoms with Crippen molar-refractivity contribution in [1.82, 2.24) is 4.98 Å². The second kappa shape index (κ2) is 5.57. The van der Waals surface area contributed by atoms with Crippen LogP contribution in [0.3, 0.4) is 0 Å². The molecule has 0 radical (unpaired) electrons. The minimum atomic E-state index is -0.993. The van der Waals surface area contributed by atoms with Gasteiger partial charge in [0.05, 0.1) is 0 Å². The highest BCUT2D eigenvalue weighted by atomic mass is 19.1. The van der Waals surface area contributed by atoms with Gasteiger partial charge in [-0.2, -0.15) is 4.98 Å². The fourth-order valence-corrected chi connectivity index (χ4v) is 1.41. The lowest BCUT2D eigenvalue weighted by Crippen LogP contribution is -2.12. The van der Waals surface area contributed by atoms with E-state index < -0.39 is 23.3 Å². The number of nitrogen functional groups attached to an aromatic ring is 1. The Kier molecular flexibility index (Phi) is 3.86. The van der Waals surface area contributed by atoms with Crippen molar-refractivity contribution >= 4 is 5.82 Å². The van der Waals surface area contributed by atoms with Crippen molar-refractivity contribution in [2.45, 2.75) is 6.61 Å². The van der Waals surface area contributed by atoms with Gasteiger partial charge in [-0.3, -0.25) is 0 Å². The zero-order valence-electron chi connectivity index (χ0n) is 9.66. The summed E-state index contributed by atoms with van der Waals surface area (Å²) < 4.78 is 44.8. The number of anilines is 1. The molecule has 0 atom stereocenters. The van der Waals surface area contributed by atoms with E-state index in [1.54, 1.807) is 6.07 Å². The van der Waals surface area contributed by atoms with Crippen LogP contribution in [0.1, 0.15) is 5.56 Å². The molecule has 1 heterocycles. The summed E-state index contributed by atoms with van der Waals surface area (Å²) in [4.78, 5) is 3.50. The van der Waals surface area contributed by atoms with Gasteiger partial charge in [0, 0.05) is 11.6 Å². The van der Waals surface area contributed by atoms with Crippen molar-refractivity contribution in [1.29, 1.82) is 0 Å². The molecule has 0 bridgehead atoms. The number of nitrogens with two attached hydrogens (primary N) is 1. The molecule has 7 heteroatoms. The van der Waals surface area contributed by atoms with Crippen LogP contribution in [0, 0.1) is 17.5 Å². The van der Waals surface area contributed by atoms with Gasteiger partial charge in [-0.15, -0.1) is 0 Å². The molecule has 1 aromatic heterocycles. The number of halogens is 3. The molecule has 1 aromatic carbocycles. The first-order valence-corrected chi connectivity index (χ1v) is 5.30. The molecule has 0 saturated heterocycles. The zero-order chi connectivity index (χ0) is 13.8. The molecule has 0 unspecified atom stereocenters. The molecular weight excluding hydrogens is 259 g/mol. The van der Waals surface area contributed by atoms with E-state index in [1.807, 2.05) is 5.43 Å². The number of hydrogen-bond donors (Lipinski definition) is 2. The fourth-order valence-electron chi connectivity index (χ4n) is 1.41. The average Bonchev–Trinajstić information content (AvgIpc) is 2.39. The van der Waals surface area contributed by atoms with E-state index in [0.717, 1.165) is 0 Å². The van der Waals surface area contributed by atoms with Gasteiger partial charge < -0.3 is 10.2 Å². The smallest absolute Gasteiger partial charge is 0.252 e. The first-order chi connectivity index (χ1) is 9.11. The lowest BCUT2D eigenvalue weighted by atomic mass is 10.2. The standard InChI is InChI=1S/C12H10F3N3O/c13-8-4-2-1-3-7(8)6-19-12-10(15)5-9(14)11(17-12)18-16/h1-5H,6,16H2,(H,17,18). The maximum atomic E-state index is 13.4. The lowest BCUT2D eigenvalue weighted by Gasteiger charge is -2.09. The quantitative estimate of drug-likeness (QED) is 0.660. The Morgan fingerprint density at radius 2 is 1.84 bits per heavy atom. The van der Waals surface area contributed by atoms with Crippen molar-refractivity contribution < 1.29 is 17.9 Å². The molecular formula is C12H10F3N3O. The Labute approximate surface area is 107 Å². The molecule has 100 valence electrons. The third kappa shape index (κ3) is 2.94. The topological polar surface area (TPSA) is 60.2 Å². The number of benzene rings is 1. The number of nitrogens with zero attached hydrogens (tertiary/aromatic N) is 1. The van der Waals surface area contributed by atoms with Crippen molar-refractivity contribution in [3.05, 3.63) is 53.3 Å². The van der Waals surface area contributed by atoms with Crippen LogP contribution in [-0.2, 0) is 6.61 Å². The summed E-state index contributed by atoms with van der Waals surface area (Å²) in [5.41, 5.74) is 2.20. The number of hydrogen-bond acceptors (Lipinski definition) is 4. The molecule has 3 N–H and O–H groups in total. The number of nitrogens with one attached hydrogen (secondary N) is 1. The Morgan fingerprint density at radius 3 is 2.53 bits per heavy atom. The number of ether oxygens (including phenoxy) is 1. The van der Waals surface area contributed by atoms with Crippen LogP contribution in [0.25, 0.3) is 0 Å². The Hall–Kier alpha value is -2.28. The first kappa shape index (κ1) is 13.2. The van der Waals surface area contributed by atoms with Crippen LogP contribution in [0.5, 0.6) is 5.88 Å². The molecule has 0 fully saturated rings. The van der Waals surface area contributed by atoms with E-state index >= 15 is 0 Å². The van der Waals surface area contributed by atoms with Crippen molar-refractivity contribution in [3.8, 4) is 5.88 Å². The number of rotatable bonds is 4. The summed E-state index contributed by atoms with van der Waals surface area (Å²) in [7, 11) is 0. The summed E-state index contributed by atoms with van der Waals surface area (Å²) in [6, 6.07) is 6.45. The number of pyridine rings is 1. The molecule has 2 aromatic rings. The maximum Gasteiger partial charge on any atom is 0.252 e. The van der Waals surface area contributed by atoms with Gasteiger partial charge in [0.15, 0.2) is 17.5 Å². The van der Waals surface area contributed by atoms with Crippen LogP contribution in [-0.4, -0.2) is 4.98 Å². The lowest BCUT2D eigenvalue weighted by molar-refractivity contribution is 0.271. The van der Waals surface area contributed by atoms with Crippen LogP contribution in [0.4, 0.5) is 19.0 Å². The second-order valence-corrected chi connectivity index (χ2v) is 3.63. The summed E-state index contributed by atoms with van der Waals surface area (Å²) in [5, 5.41) is 0. The maximum absolute atomic E-state index is 13.4. The predicted octanol–water partition coefficient (Wildman–Crippen LogP) is 2.36. The van der Waals surface area contributed by atoms with Gasteiger partial charge in [-0.25, -0.2) is 19.0 Å². The van der Waals surface area contributed by atoms with Crippen molar-refractivity contribution in [2.75, 3.05) is 5.43 Å². The highest BCUT2D eigenvalue weighted by Crippen LogP contribution is 2.21. The van der Waals surface area contributed by atoms with E-state index in [0.29, 0.717) is 6.07 Å². The average molecular weight is 269 g/mol. The summed E-state index contributed by atoms with van der Waals surface area (Å²) in [6.45, 7) is -0.230. The van der Waals surface area contributed by atoms with Gasteiger partial charge in [-0.05, 0) is 6.07 Å². The third-order valence-electron chi connectivity index (χ3n) is 2.36. The second-order valence-electron chi connectivity index (χ2n) is 3.63. The van der Waals surface area contributed by atoms with Crippen LogP contribution in [0.2, 0.25) is 0 Å². The van der Waals surface area contributed by atoms with Crippen LogP contribution < -0.4 is 16.0 Å². The minimum absolute atomic E-state index is 0.230. The van der Waals surface area contributed by atoms with Gasteiger partial charge >= 0.3 is 0 Å². The summed E-state index contributed by atoms with van der Waals surface area (Å²) in [6.07, 6.45) is 0. The molecule has 0 amide bonds. The fraction of sp³-hybridized carbons (Fsp3) is 0.0833. The zero-order valence-corrected chi connectivity index (χ0v) is 9.66. The van der Waals surface area contributed by atoms with Gasteiger partial charge in [0.25, 0.3) is 5.88 Å². The Morgan fingerprint density at radius 1 is 1.11 bits per heavy atom. The van der Waals surface area contributed by atoms with Gasteiger partial charge in [0.1, 0.15) is 12.4 Å². The van der Waals surface area contributed by atoms with E-state index in [4.69, 9.17) is 10.6 Å². The largest absolute Gasteiger partial charge is 0.471 e. The van der Waals surface area contributed by atoms with Crippen LogP contribution in [0.15, 0.2) is 30.3 Å². The molecule has 19 heavy (non-hydrogen) atoms. The number of hydrazine groups is 1. The van der Waals surface area contributed by atoms with Crippen LogP contribution >= 0.6 is 0 Å². The van der Waals surface area contributed by atoms with E-state index in [2.05, 4.69) is 4.98 Å². The van der Waals surface area contributed by atoms with E-state index in [1.165, 1.54) is 18.2 Å². The molecule has 2 rings (SSSR count). The van der Waals surface area contributed by atoms with Gasteiger partial charge in [0.2, 0.25) is 0 Å². The Bertz CT molecular complexity index is 592. The molecule has 4 nitrogen and oxygen atoms in total. The highest BCUT2D eigenvalue weighted by Gasteiger charge is 2.13. The molecule has 0 aliphatic carbocycles. The van der Waals surface area contributed by atoms with Gasteiger partial charge in [-0.1, -0.05) is 18.2 Å². The van der Waals surface area contributed by atoms with Crippen molar-refractivity contribution in [3.63, 3.8) is 0 Å². The normalized spacial score (nSPS) is 10.3. The van der Waals surface area contributed by atoms with E-state index in [-0.39, 0.29) is 18.0 Å². The monoisotopic (exact) mass is 269 g/mol. The predicted molar refractivity (Wildman–Crippen MR) is 62.7 cm³/mol. The summed E-state index contributed by atoms with van der Waals surface area (Å²) >= 11 is 0. The molecule has 0 spiro atoms. The Balaban J connectivity index is 2.18. The molecule has 0 aliphatic heterocycles. The first-order valence-electron chi connectivity index (χ1n) is 5.30. The SMILES string of the molecule is NNc1nc(OCc2ccccc2F)c(F)cc1F. The highest BCUT2D eigenvalue weighted by molar-refractivity contribution is 5.38. The van der Waals surface area contributed by atoms with E-state index in [9.17, 15) is 13.2 Å². The third-order valence-corrected chi connectivity index (χ3v) is 2.36. The minimum Gasteiger partial charge on any atom is -0.471 e. The number of aromatic nitrogens is 1. The van der Waals surface area contributed by atoms with Crippen molar-refractivity contribution in [2.24, 2.45) is 5.84 Å². The molecule has 0 aliphatic rings. The summed E-state index contributed by atoms with van der Waals surface area (Å²) in [5.74, 6) is 1.77.